The van der Waals surface area contributed by atoms with Crippen LogP contribution in [0, 0.1) is 23.0 Å². The van der Waals surface area contributed by atoms with Crippen LogP contribution in [-0.4, -0.2) is 95.3 Å². The van der Waals surface area contributed by atoms with Gasteiger partial charge in [0.05, 0.1) is 32.8 Å². The summed E-state index contributed by atoms with van der Waals surface area (Å²) in [6.07, 6.45) is -2.19. The summed E-state index contributed by atoms with van der Waals surface area (Å²) in [4.78, 5) is 26.5. The van der Waals surface area contributed by atoms with E-state index in [1.165, 1.54) is 6.07 Å². The van der Waals surface area contributed by atoms with E-state index in [0.717, 1.165) is 35.3 Å². The minimum absolute atomic E-state index is 0.0245. The van der Waals surface area contributed by atoms with Crippen molar-refractivity contribution in [2.45, 2.75) is 69.3 Å². The first-order chi connectivity index (χ1) is 24.9. The van der Waals surface area contributed by atoms with Gasteiger partial charge in [-0.05, 0) is 50.8 Å². The Balaban J connectivity index is 1.30. The lowest BCUT2D eigenvalue weighted by molar-refractivity contribution is -0.143. The maximum atomic E-state index is 17.3. The molecule has 0 aliphatic carbocycles. The van der Waals surface area contributed by atoms with Gasteiger partial charge in [0, 0.05) is 43.0 Å². The molecular weight excluding hydrogens is 729 g/mol. The molecule has 2 N–H and O–H groups in total. The van der Waals surface area contributed by atoms with E-state index in [0.29, 0.717) is 25.8 Å². The number of carbonyl (C=O) groups excluding carboxylic acids is 1. The van der Waals surface area contributed by atoms with E-state index in [4.69, 9.17) is 31.8 Å². The Bertz CT molecular complexity index is 2160. The lowest BCUT2D eigenvalue weighted by atomic mass is 9.95. The number of benzene rings is 2. The molecule has 8 rings (SSSR count). The second-order valence-corrected chi connectivity index (χ2v) is 15.4. The molecule has 4 aromatic rings. The summed E-state index contributed by atoms with van der Waals surface area (Å²) in [6, 6.07) is 3.99. The van der Waals surface area contributed by atoms with Gasteiger partial charge in [-0.1, -0.05) is 17.7 Å². The number of nitrogen functional groups attached to an aromatic ring is 1. The highest BCUT2D eigenvalue weighted by molar-refractivity contribution is 7.23. The van der Waals surface area contributed by atoms with Crippen LogP contribution in [0.4, 0.5) is 32.8 Å². The van der Waals surface area contributed by atoms with Gasteiger partial charge in [-0.3, -0.25) is 9.69 Å². The van der Waals surface area contributed by atoms with E-state index in [-0.39, 0.29) is 104 Å². The first-order valence-corrected chi connectivity index (χ1v) is 18.3. The van der Waals surface area contributed by atoms with Gasteiger partial charge in [0.15, 0.2) is 11.6 Å². The van der Waals surface area contributed by atoms with Crippen molar-refractivity contribution in [1.82, 2.24) is 19.8 Å². The Labute approximate surface area is 303 Å². The number of aromatic nitrogens is 2. The quantitative estimate of drug-likeness (QED) is 0.214. The number of hydrogen-bond acceptors (Lipinski definition) is 10. The molecule has 274 valence electrons. The van der Waals surface area contributed by atoms with Crippen LogP contribution in [-0.2, 0) is 4.79 Å². The third kappa shape index (κ3) is 5.54. The van der Waals surface area contributed by atoms with Crippen LogP contribution in [0.25, 0.3) is 32.1 Å². The molecule has 0 saturated carbocycles. The molecule has 0 radical (unpaired) electrons. The number of rotatable bonds is 6. The first-order valence-electron chi connectivity index (χ1n) is 17.1. The second kappa shape index (κ2) is 13.0. The number of hydrogen-bond donors (Lipinski definition) is 1. The van der Waals surface area contributed by atoms with E-state index in [9.17, 15) is 23.2 Å². The molecule has 3 atom stereocenters. The maximum absolute atomic E-state index is 17.3. The number of amides is 1. The molecule has 1 amide bonds. The zero-order chi connectivity index (χ0) is 36.6. The van der Waals surface area contributed by atoms with Crippen LogP contribution >= 0.6 is 22.9 Å². The molecule has 17 heteroatoms. The molecule has 3 fully saturated rings. The number of nitriles is 1. The minimum atomic E-state index is -3.12. The van der Waals surface area contributed by atoms with Gasteiger partial charge in [-0.15, -0.1) is 11.3 Å². The third-order valence-corrected chi connectivity index (χ3v) is 12.2. The van der Waals surface area contributed by atoms with Crippen molar-refractivity contribution in [2.75, 3.05) is 50.0 Å². The number of thiophene rings is 1. The fraction of sp³-hybridized carbons (Fsp3) is 0.486. The van der Waals surface area contributed by atoms with Gasteiger partial charge in [-0.2, -0.15) is 24.0 Å². The van der Waals surface area contributed by atoms with Crippen molar-refractivity contribution in [2.24, 2.45) is 0 Å². The molecule has 3 saturated heterocycles. The number of nitrogens with zero attached hydrogens (tertiary/aromatic N) is 6. The van der Waals surface area contributed by atoms with Crippen LogP contribution in [0.2, 0.25) is 5.02 Å². The smallest absolute Gasteiger partial charge is 0.319 e. The summed E-state index contributed by atoms with van der Waals surface area (Å²) < 4.78 is 86.2. The number of nitrogens with two attached hydrogens (primary N) is 1. The zero-order valence-corrected chi connectivity index (χ0v) is 29.5. The van der Waals surface area contributed by atoms with E-state index < -0.39 is 41.8 Å². The average molecular weight is 762 g/mol. The van der Waals surface area contributed by atoms with Crippen molar-refractivity contribution >= 4 is 60.7 Å². The fourth-order valence-corrected chi connectivity index (χ4v) is 9.74. The molecule has 0 bridgehead atoms. The Kier molecular flexibility index (Phi) is 8.74. The van der Waals surface area contributed by atoms with Crippen LogP contribution in [0.3, 0.4) is 0 Å². The van der Waals surface area contributed by atoms with E-state index in [2.05, 4.69) is 9.88 Å². The van der Waals surface area contributed by atoms with Gasteiger partial charge in [0.25, 0.3) is 5.91 Å². The maximum Gasteiger partial charge on any atom is 0.319 e. The highest BCUT2D eigenvalue weighted by atomic mass is 35.5. The number of fused-ring (bicyclic) bond motifs is 2. The van der Waals surface area contributed by atoms with Gasteiger partial charge in [-0.25, -0.2) is 13.2 Å². The summed E-state index contributed by atoms with van der Waals surface area (Å²) in [5.41, 5.74) is 5.22. The predicted molar refractivity (Wildman–Crippen MR) is 186 cm³/mol. The van der Waals surface area contributed by atoms with Crippen molar-refractivity contribution in [3.63, 3.8) is 0 Å². The molecule has 52 heavy (non-hydrogen) atoms. The van der Waals surface area contributed by atoms with E-state index >= 15 is 8.78 Å². The van der Waals surface area contributed by atoms with Crippen LogP contribution in [0.15, 0.2) is 12.1 Å². The molecular formula is C35H33ClF5N7O3S. The Hall–Kier alpha value is -4.20. The standard InChI is InChI=1S/C35H33ClF5N7O3S/c1-16-13-48(18-5-9-46(10-6-18)33(49)30(40)41)32-24-27(44-34(45-32)50-15-35-7-2-8-47(35)14-17(37)11-35)26(39)23(25(36)28(24)51-16)19-3-4-21(38)29-22(19)20(12-42)31(43)52-29/h3-4,16-18,30H,2,5-11,13-15,43H2,1H3/t16-,17+,35-/m0/s1. The minimum Gasteiger partial charge on any atom is -0.486 e. The van der Waals surface area contributed by atoms with Crippen molar-refractivity contribution in [1.29, 1.82) is 5.26 Å². The third-order valence-electron chi connectivity index (χ3n) is 10.8. The number of carbonyl (C=O) groups is 1. The SMILES string of the molecule is C[C@H]1CN(C2CCN(C(=O)C(F)F)CC2)c2nc(OC[C@@]34CCCN3C[C@H](F)C4)nc3c(F)c(-c4ccc(F)c5sc(N)c(C#N)c45)c(Cl)c(c23)O1. The molecule has 2 aromatic carbocycles. The van der Waals surface area contributed by atoms with Crippen LogP contribution < -0.4 is 20.1 Å². The lowest BCUT2D eigenvalue weighted by Crippen LogP contribution is -2.50. The summed E-state index contributed by atoms with van der Waals surface area (Å²) in [5, 5.41) is 10.1. The number of alkyl halides is 3. The van der Waals surface area contributed by atoms with Crippen molar-refractivity contribution in [3.8, 4) is 29.0 Å². The van der Waals surface area contributed by atoms with Crippen LogP contribution in [0.5, 0.6) is 11.8 Å². The summed E-state index contributed by atoms with van der Waals surface area (Å²) in [7, 11) is 0. The molecule has 4 aliphatic heterocycles. The van der Waals surface area contributed by atoms with Gasteiger partial charge in [0.2, 0.25) is 0 Å². The highest BCUT2D eigenvalue weighted by Crippen LogP contribution is 2.51. The number of anilines is 2. The number of ether oxygens (including phenoxy) is 2. The monoisotopic (exact) mass is 761 g/mol. The highest BCUT2D eigenvalue weighted by Gasteiger charge is 2.49. The second-order valence-electron chi connectivity index (χ2n) is 13.9. The predicted octanol–water partition coefficient (Wildman–Crippen LogP) is 6.70. The topological polar surface area (TPSA) is 121 Å². The Morgan fingerprint density at radius 2 is 1.98 bits per heavy atom. The number of likely N-dealkylation sites (tertiary alicyclic amines) is 1. The van der Waals surface area contributed by atoms with Gasteiger partial charge in [0.1, 0.15) is 47.1 Å². The molecule has 0 unspecified atom stereocenters. The van der Waals surface area contributed by atoms with Gasteiger partial charge < -0.3 is 25.0 Å². The zero-order valence-electron chi connectivity index (χ0n) is 27.9. The molecule has 2 aromatic heterocycles. The fourth-order valence-electron chi connectivity index (χ4n) is 8.47. The molecule has 10 nitrogen and oxygen atoms in total. The largest absolute Gasteiger partial charge is 0.486 e. The van der Waals surface area contributed by atoms with Crippen molar-refractivity contribution < 1.29 is 36.2 Å². The van der Waals surface area contributed by atoms with Crippen LogP contribution in [0.1, 0.15) is 44.6 Å². The lowest BCUT2D eigenvalue weighted by Gasteiger charge is -2.39. The number of halogens is 6. The number of piperidine rings is 1. The Morgan fingerprint density at radius 1 is 1.21 bits per heavy atom. The normalized spacial score (nSPS) is 23.7. The van der Waals surface area contributed by atoms with Gasteiger partial charge >= 0.3 is 12.4 Å². The molecule has 0 spiro atoms. The van der Waals surface area contributed by atoms with E-state index in [1.54, 1.807) is 6.92 Å². The molecule has 4 aliphatic rings. The van der Waals surface area contributed by atoms with E-state index in [1.807, 2.05) is 11.0 Å². The molecule has 6 heterocycles. The Morgan fingerprint density at radius 3 is 2.71 bits per heavy atom. The summed E-state index contributed by atoms with van der Waals surface area (Å²) in [6.45, 7) is 3.25. The average Bonchev–Trinajstić information content (AvgIpc) is 3.74. The summed E-state index contributed by atoms with van der Waals surface area (Å²) in [5.74, 6) is -2.48. The first kappa shape index (κ1) is 34.9. The summed E-state index contributed by atoms with van der Waals surface area (Å²) >= 11 is 7.92. The van der Waals surface area contributed by atoms with Crippen molar-refractivity contribution in [3.05, 3.63) is 34.4 Å².